The van der Waals surface area contributed by atoms with Gasteiger partial charge in [-0.15, -0.1) is 0 Å². The summed E-state index contributed by atoms with van der Waals surface area (Å²) >= 11 is 0. The molecule has 0 aliphatic rings. The molecule has 1 rings (SSSR count). The number of nitrogens with zero attached hydrogens (tertiary/aromatic N) is 1. The Morgan fingerprint density at radius 1 is 1.17 bits per heavy atom. The van der Waals surface area contributed by atoms with Crippen LogP contribution >= 0.6 is 0 Å². The van der Waals surface area contributed by atoms with Gasteiger partial charge in [0.1, 0.15) is 5.75 Å². The molecular weight excluding hydrogens is 302 g/mol. The maximum absolute atomic E-state index is 12.8. The number of hydrogen-bond donors (Lipinski definition) is 0. The molecule has 0 fully saturated rings. The first-order valence-corrected chi connectivity index (χ1v) is 8.63. The van der Waals surface area contributed by atoms with E-state index in [0.29, 0.717) is 19.8 Å². The summed E-state index contributed by atoms with van der Waals surface area (Å²) in [5.41, 5.74) is 3.12. The Hall–Kier alpha value is -1.81. The van der Waals surface area contributed by atoms with Crippen molar-refractivity contribution < 1.29 is 14.3 Å². The molecule has 0 radical (unpaired) electrons. The van der Waals surface area contributed by atoms with Gasteiger partial charge in [0.25, 0.3) is 0 Å². The van der Waals surface area contributed by atoms with Crippen molar-refractivity contribution in [1.82, 2.24) is 4.90 Å². The minimum absolute atomic E-state index is 0.0512. The highest BCUT2D eigenvalue weighted by molar-refractivity contribution is 5.88. The summed E-state index contributed by atoms with van der Waals surface area (Å²) in [4.78, 5) is 14.7. The third kappa shape index (κ3) is 5.68. The molecule has 1 aromatic carbocycles. The summed E-state index contributed by atoms with van der Waals surface area (Å²) in [5, 5.41) is 0. The van der Waals surface area contributed by atoms with Crippen molar-refractivity contribution >= 4 is 11.6 Å². The van der Waals surface area contributed by atoms with Crippen LogP contribution in [0.2, 0.25) is 0 Å². The van der Waals surface area contributed by atoms with Gasteiger partial charge in [0.05, 0.1) is 7.11 Å². The minimum Gasteiger partial charge on any atom is -0.497 e. The van der Waals surface area contributed by atoms with Gasteiger partial charge in [0.15, 0.2) is 0 Å². The third-order valence-electron chi connectivity index (χ3n) is 3.74. The van der Waals surface area contributed by atoms with Crippen molar-refractivity contribution in [1.29, 1.82) is 0 Å². The summed E-state index contributed by atoms with van der Waals surface area (Å²) in [6.45, 7) is 12.0. The number of hydrogen-bond acceptors (Lipinski definition) is 3. The Morgan fingerprint density at radius 3 is 2.25 bits per heavy atom. The zero-order valence-electron chi connectivity index (χ0n) is 15.9. The van der Waals surface area contributed by atoms with Gasteiger partial charge in [-0.05, 0) is 57.0 Å². The maximum atomic E-state index is 12.8. The fourth-order valence-electron chi connectivity index (χ4n) is 2.58. The highest BCUT2D eigenvalue weighted by Crippen LogP contribution is 2.27. The lowest BCUT2D eigenvalue weighted by atomic mass is 10.0. The number of benzene rings is 1. The number of allylic oxidation sites excluding steroid dienone is 1. The largest absolute Gasteiger partial charge is 0.497 e. The average molecular weight is 333 g/mol. The van der Waals surface area contributed by atoms with E-state index in [1.54, 1.807) is 7.11 Å². The van der Waals surface area contributed by atoms with Gasteiger partial charge in [0.2, 0.25) is 5.91 Å². The summed E-state index contributed by atoms with van der Waals surface area (Å²) in [5.74, 6) is 0.896. The molecule has 0 aliphatic carbocycles. The van der Waals surface area contributed by atoms with Crippen LogP contribution in [0.25, 0.3) is 5.70 Å². The lowest BCUT2D eigenvalue weighted by Gasteiger charge is -2.29. The second kappa shape index (κ2) is 10.1. The minimum atomic E-state index is -0.0512. The average Bonchev–Trinajstić information content (AvgIpc) is 2.56. The zero-order chi connectivity index (χ0) is 18.1. The van der Waals surface area contributed by atoms with E-state index in [1.165, 1.54) is 0 Å². The smallest absolute Gasteiger partial charge is 0.229 e. The van der Waals surface area contributed by atoms with E-state index in [4.69, 9.17) is 9.47 Å². The summed E-state index contributed by atoms with van der Waals surface area (Å²) in [7, 11) is 1.65. The van der Waals surface area contributed by atoms with Crippen molar-refractivity contribution in [3.8, 4) is 5.75 Å². The highest BCUT2D eigenvalue weighted by Gasteiger charge is 2.22. The summed E-state index contributed by atoms with van der Waals surface area (Å²) in [6, 6.07) is 7.86. The van der Waals surface area contributed by atoms with E-state index in [2.05, 4.69) is 0 Å². The molecule has 4 nitrogen and oxygen atoms in total. The topological polar surface area (TPSA) is 38.8 Å². The van der Waals surface area contributed by atoms with E-state index in [1.807, 2.05) is 63.8 Å². The normalized spacial score (nSPS) is 10.6. The van der Waals surface area contributed by atoms with Crippen molar-refractivity contribution in [2.45, 2.75) is 41.0 Å². The molecule has 4 heteroatoms. The van der Waals surface area contributed by atoms with Crippen LogP contribution in [0.1, 0.15) is 46.6 Å². The van der Waals surface area contributed by atoms with Crippen molar-refractivity contribution in [3.05, 3.63) is 35.4 Å². The van der Waals surface area contributed by atoms with Crippen LogP contribution in [0, 0.1) is 5.92 Å². The van der Waals surface area contributed by atoms with E-state index in [-0.39, 0.29) is 11.8 Å². The lowest BCUT2D eigenvalue weighted by Crippen LogP contribution is -2.34. The van der Waals surface area contributed by atoms with E-state index in [0.717, 1.165) is 29.0 Å². The van der Waals surface area contributed by atoms with Crippen molar-refractivity contribution in [2.24, 2.45) is 5.92 Å². The molecule has 134 valence electrons. The van der Waals surface area contributed by atoms with Gasteiger partial charge < -0.3 is 14.4 Å². The maximum Gasteiger partial charge on any atom is 0.229 e. The van der Waals surface area contributed by atoms with Crippen LogP contribution in [-0.2, 0) is 9.53 Å². The second-order valence-corrected chi connectivity index (χ2v) is 6.27. The van der Waals surface area contributed by atoms with Gasteiger partial charge in [-0.25, -0.2) is 0 Å². The number of rotatable bonds is 9. The first-order chi connectivity index (χ1) is 11.4. The zero-order valence-corrected chi connectivity index (χ0v) is 15.9. The highest BCUT2D eigenvalue weighted by atomic mass is 16.5. The van der Waals surface area contributed by atoms with Gasteiger partial charge in [-0.3, -0.25) is 4.79 Å². The van der Waals surface area contributed by atoms with Crippen LogP contribution in [0.3, 0.4) is 0 Å². The molecule has 1 amide bonds. The quantitative estimate of drug-likeness (QED) is 0.630. The van der Waals surface area contributed by atoms with Gasteiger partial charge in [0, 0.05) is 31.4 Å². The molecule has 24 heavy (non-hydrogen) atoms. The standard InChI is InChI=1S/C20H31NO3/c1-7-24-14-8-13-21(20(22)16(4)5)19(15(2)3)17-9-11-18(23-6)12-10-17/h9-12,16H,7-8,13-14H2,1-6H3. The van der Waals surface area contributed by atoms with Gasteiger partial charge in [-0.1, -0.05) is 19.4 Å². The molecule has 0 atom stereocenters. The second-order valence-electron chi connectivity index (χ2n) is 6.27. The molecule has 0 saturated heterocycles. The van der Waals surface area contributed by atoms with Crippen LogP contribution in [0.4, 0.5) is 0 Å². The van der Waals surface area contributed by atoms with Gasteiger partial charge in [-0.2, -0.15) is 0 Å². The molecule has 0 N–H and O–H groups in total. The number of carbonyl (C=O) groups excluding carboxylic acids is 1. The van der Waals surface area contributed by atoms with Crippen LogP contribution in [-0.4, -0.2) is 37.7 Å². The Kier molecular flexibility index (Phi) is 8.55. The SMILES string of the molecule is CCOCCCN(C(=O)C(C)C)C(=C(C)C)c1ccc(OC)cc1. The Morgan fingerprint density at radius 2 is 1.79 bits per heavy atom. The molecule has 0 saturated carbocycles. The molecule has 0 heterocycles. The fraction of sp³-hybridized carbons (Fsp3) is 0.550. The molecule has 0 aromatic heterocycles. The number of ether oxygens (including phenoxy) is 2. The third-order valence-corrected chi connectivity index (χ3v) is 3.74. The number of amides is 1. The predicted octanol–water partition coefficient (Wildman–Crippen LogP) is 4.36. The first kappa shape index (κ1) is 20.2. The number of methoxy groups -OCH3 is 1. The Bertz CT molecular complexity index is 543. The fourth-order valence-corrected chi connectivity index (χ4v) is 2.58. The molecule has 0 aliphatic heterocycles. The van der Waals surface area contributed by atoms with Crippen molar-refractivity contribution in [3.63, 3.8) is 0 Å². The molecule has 1 aromatic rings. The molecular formula is C20H31NO3. The number of carbonyl (C=O) groups is 1. The predicted molar refractivity (Wildman–Crippen MR) is 98.9 cm³/mol. The van der Waals surface area contributed by atoms with E-state index in [9.17, 15) is 4.79 Å². The lowest BCUT2D eigenvalue weighted by molar-refractivity contribution is -0.131. The van der Waals surface area contributed by atoms with E-state index >= 15 is 0 Å². The monoisotopic (exact) mass is 333 g/mol. The van der Waals surface area contributed by atoms with E-state index < -0.39 is 0 Å². The Labute approximate surface area is 146 Å². The molecule has 0 spiro atoms. The Balaban J connectivity index is 3.12. The summed E-state index contributed by atoms with van der Waals surface area (Å²) < 4.78 is 10.7. The first-order valence-electron chi connectivity index (χ1n) is 8.63. The summed E-state index contributed by atoms with van der Waals surface area (Å²) in [6.07, 6.45) is 0.819. The van der Waals surface area contributed by atoms with Crippen molar-refractivity contribution in [2.75, 3.05) is 26.9 Å². The van der Waals surface area contributed by atoms with Gasteiger partial charge >= 0.3 is 0 Å². The molecule has 0 unspecified atom stereocenters. The van der Waals surface area contributed by atoms with Crippen LogP contribution < -0.4 is 4.74 Å². The van der Waals surface area contributed by atoms with Crippen LogP contribution in [0.5, 0.6) is 5.75 Å². The molecule has 0 bridgehead atoms. The van der Waals surface area contributed by atoms with Crippen LogP contribution in [0.15, 0.2) is 29.8 Å².